The predicted octanol–water partition coefficient (Wildman–Crippen LogP) is 4.36. The highest BCUT2D eigenvalue weighted by molar-refractivity contribution is 8.00. The molecule has 3 aromatic heterocycles. The minimum absolute atomic E-state index is 0.164. The molecule has 4 aromatic rings. The lowest BCUT2D eigenvalue weighted by atomic mass is 10.1. The van der Waals surface area contributed by atoms with E-state index in [1.165, 1.54) is 18.0 Å². The second kappa shape index (κ2) is 7.17. The van der Waals surface area contributed by atoms with Crippen LogP contribution in [0.5, 0.6) is 0 Å². The molecule has 0 fully saturated rings. The standard InChI is InChI=1S/C19H16ClN5OS/c1-11-9-17-23-24-19(25(17)15-6-4-3-5-14(11)15)27-12(2)18(26)22-16-8-7-13(20)10-21-16/h3-10,12H,1-2H3,(H,21,22,26). The van der Waals surface area contributed by atoms with E-state index in [-0.39, 0.29) is 11.2 Å². The first-order chi connectivity index (χ1) is 13.0. The number of rotatable bonds is 4. The topological polar surface area (TPSA) is 72.2 Å². The number of fused-ring (bicyclic) bond motifs is 3. The number of para-hydroxylation sites is 1. The van der Waals surface area contributed by atoms with Crippen LogP contribution in [0.3, 0.4) is 0 Å². The quantitative estimate of drug-likeness (QED) is 0.518. The number of carbonyl (C=O) groups is 1. The van der Waals surface area contributed by atoms with E-state index in [0.717, 1.165) is 22.1 Å². The zero-order chi connectivity index (χ0) is 19.0. The Balaban J connectivity index is 1.62. The van der Waals surface area contributed by atoms with Crippen molar-refractivity contribution in [2.75, 3.05) is 5.32 Å². The fourth-order valence-corrected chi connectivity index (χ4v) is 3.82. The van der Waals surface area contributed by atoms with Crippen LogP contribution in [0.25, 0.3) is 16.6 Å². The molecule has 1 N–H and O–H groups in total. The molecule has 0 aliphatic rings. The maximum Gasteiger partial charge on any atom is 0.238 e. The molecule has 136 valence electrons. The summed E-state index contributed by atoms with van der Waals surface area (Å²) in [5, 5.41) is 13.3. The summed E-state index contributed by atoms with van der Waals surface area (Å²) in [6.45, 7) is 3.88. The Labute approximate surface area is 165 Å². The Bertz CT molecular complexity index is 1140. The average molecular weight is 398 g/mol. The van der Waals surface area contributed by atoms with Crippen LogP contribution < -0.4 is 5.32 Å². The molecular weight excluding hydrogens is 382 g/mol. The van der Waals surface area contributed by atoms with Crippen molar-refractivity contribution in [2.24, 2.45) is 0 Å². The minimum Gasteiger partial charge on any atom is -0.310 e. The molecule has 8 heteroatoms. The molecule has 0 aliphatic heterocycles. The summed E-state index contributed by atoms with van der Waals surface area (Å²) in [5.74, 6) is 0.298. The number of pyridine rings is 2. The SMILES string of the molecule is Cc1cc2nnc(SC(C)C(=O)Nc3ccc(Cl)cn3)n2c2ccccc12. The normalized spacial score (nSPS) is 12.4. The Morgan fingerprint density at radius 1 is 1.22 bits per heavy atom. The Kier molecular flexibility index (Phi) is 4.72. The van der Waals surface area contributed by atoms with E-state index in [1.807, 2.05) is 35.6 Å². The van der Waals surface area contributed by atoms with Gasteiger partial charge in [-0.2, -0.15) is 0 Å². The number of anilines is 1. The molecule has 1 atom stereocenters. The first kappa shape index (κ1) is 17.8. The van der Waals surface area contributed by atoms with Gasteiger partial charge in [0.05, 0.1) is 15.8 Å². The number of amides is 1. The van der Waals surface area contributed by atoms with E-state index >= 15 is 0 Å². The van der Waals surface area contributed by atoms with E-state index in [2.05, 4.69) is 33.5 Å². The van der Waals surface area contributed by atoms with Crippen LogP contribution in [0.15, 0.2) is 53.8 Å². The van der Waals surface area contributed by atoms with Gasteiger partial charge in [-0.25, -0.2) is 4.98 Å². The monoisotopic (exact) mass is 397 g/mol. The van der Waals surface area contributed by atoms with Gasteiger partial charge in [-0.05, 0) is 43.7 Å². The number of aromatic nitrogens is 4. The van der Waals surface area contributed by atoms with Gasteiger partial charge in [0.15, 0.2) is 10.8 Å². The van der Waals surface area contributed by atoms with Crippen LogP contribution in [0, 0.1) is 6.92 Å². The molecular formula is C19H16ClN5OS. The molecule has 27 heavy (non-hydrogen) atoms. The van der Waals surface area contributed by atoms with Gasteiger partial charge in [0.25, 0.3) is 0 Å². The summed E-state index contributed by atoms with van der Waals surface area (Å²) >= 11 is 7.18. The summed E-state index contributed by atoms with van der Waals surface area (Å²) in [6.07, 6.45) is 1.50. The van der Waals surface area contributed by atoms with E-state index < -0.39 is 0 Å². The molecule has 0 spiro atoms. The number of nitrogens with zero attached hydrogens (tertiary/aromatic N) is 4. The van der Waals surface area contributed by atoms with Gasteiger partial charge >= 0.3 is 0 Å². The zero-order valence-electron chi connectivity index (χ0n) is 14.7. The van der Waals surface area contributed by atoms with E-state index in [4.69, 9.17) is 11.6 Å². The number of halogens is 1. The van der Waals surface area contributed by atoms with Crippen LogP contribution in [0.2, 0.25) is 5.02 Å². The molecule has 0 saturated carbocycles. The molecule has 0 bridgehead atoms. The zero-order valence-corrected chi connectivity index (χ0v) is 16.3. The molecule has 1 aromatic carbocycles. The van der Waals surface area contributed by atoms with Crippen molar-refractivity contribution >= 4 is 51.6 Å². The first-order valence-electron chi connectivity index (χ1n) is 8.35. The molecule has 0 radical (unpaired) electrons. The maximum absolute atomic E-state index is 12.5. The third-order valence-electron chi connectivity index (χ3n) is 4.20. The summed E-state index contributed by atoms with van der Waals surface area (Å²) < 4.78 is 1.98. The van der Waals surface area contributed by atoms with Crippen LogP contribution >= 0.6 is 23.4 Å². The van der Waals surface area contributed by atoms with Crippen molar-refractivity contribution in [3.8, 4) is 0 Å². The lowest BCUT2D eigenvalue weighted by Gasteiger charge is -2.11. The largest absolute Gasteiger partial charge is 0.310 e. The molecule has 3 heterocycles. The fraction of sp³-hybridized carbons (Fsp3) is 0.158. The van der Waals surface area contributed by atoms with E-state index in [0.29, 0.717) is 16.0 Å². The Morgan fingerprint density at radius 2 is 2.04 bits per heavy atom. The van der Waals surface area contributed by atoms with Crippen molar-refractivity contribution in [1.82, 2.24) is 19.6 Å². The number of benzene rings is 1. The fourth-order valence-electron chi connectivity index (χ4n) is 2.84. The lowest BCUT2D eigenvalue weighted by molar-refractivity contribution is -0.115. The maximum atomic E-state index is 12.5. The van der Waals surface area contributed by atoms with Crippen molar-refractivity contribution < 1.29 is 4.79 Å². The number of thioether (sulfide) groups is 1. The van der Waals surface area contributed by atoms with E-state index in [9.17, 15) is 4.79 Å². The molecule has 4 rings (SSSR count). The third-order valence-corrected chi connectivity index (χ3v) is 5.47. The smallest absolute Gasteiger partial charge is 0.238 e. The summed E-state index contributed by atoms with van der Waals surface area (Å²) in [5.41, 5.74) is 2.93. The number of nitrogens with one attached hydrogen (secondary N) is 1. The highest BCUT2D eigenvalue weighted by atomic mass is 35.5. The van der Waals surface area contributed by atoms with Crippen molar-refractivity contribution in [2.45, 2.75) is 24.3 Å². The van der Waals surface area contributed by atoms with Crippen LogP contribution in [-0.4, -0.2) is 30.7 Å². The number of hydrogen-bond acceptors (Lipinski definition) is 5. The molecule has 0 saturated heterocycles. The van der Waals surface area contributed by atoms with Gasteiger partial charge in [0.2, 0.25) is 5.91 Å². The highest BCUT2D eigenvalue weighted by Gasteiger charge is 2.19. The summed E-state index contributed by atoms with van der Waals surface area (Å²) in [6, 6.07) is 13.4. The van der Waals surface area contributed by atoms with Crippen molar-refractivity contribution in [3.05, 3.63) is 59.2 Å². The number of hydrogen-bond donors (Lipinski definition) is 1. The molecule has 1 amide bonds. The molecule has 1 unspecified atom stereocenters. The second-order valence-corrected chi connectivity index (χ2v) is 7.88. The average Bonchev–Trinajstić information content (AvgIpc) is 3.06. The Hall–Kier alpha value is -2.64. The molecule has 6 nitrogen and oxygen atoms in total. The van der Waals surface area contributed by atoms with Crippen LogP contribution in [-0.2, 0) is 4.79 Å². The van der Waals surface area contributed by atoms with Crippen molar-refractivity contribution in [1.29, 1.82) is 0 Å². The lowest BCUT2D eigenvalue weighted by Crippen LogP contribution is -2.23. The number of carbonyl (C=O) groups excluding carboxylic acids is 1. The van der Waals surface area contributed by atoms with Gasteiger partial charge in [-0.3, -0.25) is 9.20 Å². The van der Waals surface area contributed by atoms with Gasteiger partial charge in [0, 0.05) is 11.6 Å². The van der Waals surface area contributed by atoms with E-state index in [1.54, 1.807) is 12.1 Å². The second-order valence-electron chi connectivity index (χ2n) is 6.13. The highest BCUT2D eigenvalue weighted by Crippen LogP contribution is 2.28. The third kappa shape index (κ3) is 3.48. The first-order valence-corrected chi connectivity index (χ1v) is 9.61. The van der Waals surface area contributed by atoms with Crippen LogP contribution in [0.4, 0.5) is 5.82 Å². The van der Waals surface area contributed by atoms with Crippen molar-refractivity contribution in [3.63, 3.8) is 0 Å². The minimum atomic E-state index is -0.380. The van der Waals surface area contributed by atoms with Gasteiger partial charge in [-0.15, -0.1) is 10.2 Å². The Morgan fingerprint density at radius 3 is 2.81 bits per heavy atom. The van der Waals surface area contributed by atoms with Crippen LogP contribution in [0.1, 0.15) is 12.5 Å². The number of aryl methyl sites for hydroxylation is 1. The van der Waals surface area contributed by atoms with Gasteiger partial charge in [0.1, 0.15) is 5.82 Å². The van der Waals surface area contributed by atoms with Gasteiger partial charge in [-0.1, -0.05) is 41.6 Å². The van der Waals surface area contributed by atoms with Gasteiger partial charge < -0.3 is 5.32 Å². The molecule has 0 aliphatic carbocycles. The predicted molar refractivity (Wildman–Crippen MR) is 108 cm³/mol. The summed E-state index contributed by atoms with van der Waals surface area (Å²) in [4.78, 5) is 16.6. The summed E-state index contributed by atoms with van der Waals surface area (Å²) in [7, 11) is 0.